The lowest BCUT2D eigenvalue weighted by Gasteiger charge is -2.15. The van der Waals surface area contributed by atoms with Gasteiger partial charge in [0.15, 0.2) is 6.61 Å². The molecule has 1 nitrogen and oxygen atoms in total. The van der Waals surface area contributed by atoms with Gasteiger partial charge in [0.2, 0.25) is 0 Å². The lowest BCUT2D eigenvalue weighted by atomic mass is 10.3. The Morgan fingerprint density at radius 1 is 1.20 bits per heavy atom. The molecule has 1 rings (SSSR count). The van der Waals surface area contributed by atoms with Crippen LogP contribution in [-0.2, 0) is 0 Å². The van der Waals surface area contributed by atoms with Crippen LogP contribution in [0.4, 0.5) is 17.6 Å². The summed E-state index contributed by atoms with van der Waals surface area (Å²) >= 11 is 3.14. The molecule has 0 spiro atoms. The largest absolute Gasteiger partial charge is 0.487 e. The second-order valence-electron chi connectivity index (χ2n) is 2.80. The molecule has 1 aromatic carbocycles. The Balaban J connectivity index is 2.54. The molecule has 0 aliphatic carbocycles. The SMILES string of the molecule is FC(F)C(F)(F)COc1ccc(Br)cc1. The third kappa shape index (κ3) is 3.70. The van der Waals surface area contributed by atoms with Crippen LogP contribution in [0.25, 0.3) is 0 Å². The van der Waals surface area contributed by atoms with E-state index >= 15 is 0 Å². The van der Waals surface area contributed by atoms with Gasteiger partial charge in [-0.25, -0.2) is 8.78 Å². The predicted octanol–water partition coefficient (Wildman–Crippen LogP) is 3.73. The Hall–Kier alpha value is -0.780. The maximum Gasteiger partial charge on any atom is 0.340 e. The second-order valence-corrected chi connectivity index (χ2v) is 3.72. The molecule has 0 aromatic heterocycles. The van der Waals surface area contributed by atoms with E-state index in [9.17, 15) is 17.6 Å². The summed E-state index contributed by atoms with van der Waals surface area (Å²) in [5, 5.41) is 0. The van der Waals surface area contributed by atoms with Crippen molar-refractivity contribution in [1.82, 2.24) is 0 Å². The van der Waals surface area contributed by atoms with Gasteiger partial charge in [-0.1, -0.05) is 15.9 Å². The zero-order valence-corrected chi connectivity index (χ0v) is 8.98. The monoisotopic (exact) mass is 286 g/mol. The maximum absolute atomic E-state index is 12.4. The average molecular weight is 287 g/mol. The molecule has 6 heteroatoms. The Bertz CT molecular complexity index is 312. The zero-order valence-electron chi connectivity index (χ0n) is 7.39. The first kappa shape index (κ1) is 12.3. The number of halogens is 5. The van der Waals surface area contributed by atoms with Crippen molar-refractivity contribution in [3.63, 3.8) is 0 Å². The Morgan fingerprint density at radius 2 is 1.73 bits per heavy atom. The molecule has 0 aliphatic rings. The average Bonchev–Trinajstić information content (AvgIpc) is 2.17. The molecule has 0 saturated heterocycles. The molecule has 0 fully saturated rings. The van der Waals surface area contributed by atoms with Crippen molar-refractivity contribution in [1.29, 1.82) is 0 Å². The third-order valence-corrected chi connectivity index (χ3v) is 2.09. The summed E-state index contributed by atoms with van der Waals surface area (Å²) in [5.74, 6) is -3.99. The molecule has 1 aromatic rings. The summed E-state index contributed by atoms with van der Waals surface area (Å²) < 4.78 is 53.6. The lowest BCUT2D eigenvalue weighted by molar-refractivity contribution is -0.148. The topological polar surface area (TPSA) is 9.23 Å². The van der Waals surface area contributed by atoms with E-state index in [4.69, 9.17) is 0 Å². The first-order valence-corrected chi connectivity index (χ1v) is 4.75. The molecule has 0 unspecified atom stereocenters. The molecule has 0 saturated carbocycles. The number of hydrogen-bond acceptors (Lipinski definition) is 1. The molecule has 0 amide bonds. The minimum atomic E-state index is -4.12. The van der Waals surface area contributed by atoms with Crippen LogP contribution in [0.5, 0.6) is 5.75 Å². The minimum Gasteiger partial charge on any atom is -0.487 e. The fourth-order valence-corrected chi connectivity index (χ4v) is 1.04. The van der Waals surface area contributed by atoms with Crippen LogP contribution >= 0.6 is 15.9 Å². The highest BCUT2D eigenvalue weighted by atomic mass is 79.9. The highest BCUT2D eigenvalue weighted by Crippen LogP contribution is 2.24. The van der Waals surface area contributed by atoms with Crippen molar-refractivity contribution < 1.29 is 22.3 Å². The zero-order chi connectivity index (χ0) is 11.5. The van der Waals surface area contributed by atoms with Crippen LogP contribution in [0, 0.1) is 0 Å². The van der Waals surface area contributed by atoms with Gasteiger partial charge in [-0.15, -0.1) is 0 Å². The molecule has 15 heavy (non-hydrogen) atoms. The molecule has 0 aliphatic heterocycles. The Morgan fingerprint density at radius 3 is 2.20 bits per heavy atom. The first-order valence-electron chi connectivity index (χ1n) is 3.96. The van der Waals surface area contributed by atoms with Crippen molar-refractivity contribution in [3.8, 4) is 5.75 Å². The lowest BCUT2D eigenvalue weighted by Crippen LogP contribution is -2.33. The van der Waals surface area contributed by atoms with Crippen molar-refractivity contribution in [2.45, 2.75) is 12.3 Å². The highest BCUT2D eigenvalue weighted by molar-refractivity contribution is 9.10. The molecular weight excluding hydrogens is 280 g/mol. The number of hydrogen-bond donors (Lipinski definition) is 0. The van der Waals surface area contributed by atoms with E-state index in [-0.39, 0.29) is 5.75 Å². The Labute approximate surface area is 92.2 Å². The summed E-state index contributed by atoms with van der Waals surface area (Å²) in [6, 6.07) is 5.95. The number of rotatable bonds is 4. The van der Waals surface area contributed by atoms with Gasteiger partial charge in [-0.3, -0.25) is 0 Å². The van der Waals surface area contributed by atoms with Gasteiger partial charge in [0.1, 0.15) is 5.75 Å². The van der Waals surface area contributed by atoms with E-state index in [0.717, 1.165) is 4.47 Å². The van der Waals surface area contributed by atoms with Crippen LogP contribution in [0.1, 0.15) is 0 Å². The Kier molecular flexibility index (Phi) is 3.96. The van der Waals surface area contributed by atoms with Gasteiger partial charge in [-0.05, 0) is 24.3 Å². The fourth-order valence-electron chi connectivity index (χ4n) is 0.773. The van der Waals surface area contributed by atoms with Crippen molar-refractivity contribution in [3.05, 3.63) is 28.7 Å². The summed E-state index contributed by atoms with van der Waals surface area (Å²) in [4.78, 5) is 0. The van der Waals surface area contributed by atoms with E-state index < -0.39 is 19.0 Å². The smallest absolute Gasteiger partial charge is 0.340 e. The van der Waals surface area contributed by atoms with Crippen LogP contribution in [0.2, 0.25) is 0 Å². The van der Waals surface area contributed by atoms with Crippen molar-refractivity contribution in [2.75, 3.05) is 6.61 Å². The first-order chi connectivity index (χ1) is 6.92. The molecule has 0 bridgehead atoms. The maximum atomic E-state index is 12.4. The van der Waals surface area contributed by atoms with Gasteiger partial charge < -0.3 is 4.74 Å². The quantitative estimate of drug-likeness (QED) is 0.767. The second kappa shape index (κ2) is 4.83. The van der Waals surface area contributed by atoms with Gasteiger partial charge in [-0.2, -0.15) is 8.78 Å². The van der Waals surface area contributed by atoms with Gasteiger partial charge in [0, 0.05) is 4.47 Å². The van der Waals surface area contributed by atoms with E-state index in [1.807, 2.05) is 0 Å². The summed E-state index contributed by atoms with van der Waals surface area (Å²) in [6.07, 6.45) is -3.71. The molecule has 0 atom stereocenters. The van der Waals surface area contributed by atoms with Gasteiger partial charge in [0.05, 0.1) is 0 Å². The third-order valence-electron chi connectivity index (χ3n) is 1.56. The summed E-state index contributed by atoms with van der Waals surface area (Å²) in [6.45, 7) is -1.33. The van der Waals surface area contributed by atoms with Crippen molar-refractivity contribution in [2.24, 2.45) is 0 Å². The normalized spacial score (nSPS) is 11.9. The predicted molar refractivity (Wildman–Crippen MR) is 50.6 cm³/mol. The van der Waals surface area contributed by atoms with E-state index in [1.54, 1.807) is 12.1 Å². The van der Waals surface area contributed by atoms with E-state index in [0.29, 0.717) is 0 Å². The highest BCUT2D eigenvalue weighted by Gasteiger charge is 2.41. The summed E-state index contributed by atoms with van der Waals surface area (Å²) in [5.41, 5.74) is 0. The van der Waals surface area contributed by atoms with Crippen molar-refractivity contribution >= 4 is 15.9 Å². The molecular formula is C9H7BrF4O. The van der Waals surface area contributed by atoms with Crippen LogP contribution in [0.3, 0.4) is 0 Å². The van der Waals surface area contributed by atoms with Crippen LogP contribution in [-0.4, -0.2) is 19.0 Å². The number of alkyl halides is 4. The van der Waals surface area contributed by atoms with Crippen LogP contribution < -0.4 is 4.74 Å². The fraction of sp³-hybridized carbons (Fsp3) is 0.333. The number of benzene rings is 1. The van der Waals surface area contributed by atoms with E-state index in [2.05, 4.69) is 20.7 Å². The molecule has 0 N–H and O–H groups in total. The van der Waals surface area contributed by atoms with Crippen LogP contribution in [0.15, 0.2) is 28.7 Å². The molecule has 0 heterocycles. The molecule has 84 valence electrons. The molecule has 0 radical (unpaired) electrons. The standard InChI is InChI=1S/C9H7BrF4O/c10-6-1-3-7(4-2-6)15-5-9(13,14)8(11)12/h1-4,8H,5H2. The van der Waals surface area contributed by atoms with Gasteiger partial charge >= 0.3 is 12.3 Å². The number of ether oxygens (including phenoxy) is 1. The van der Waals surface area contributed by atoms with Gasteiger partial charge in [0.25, 0.3) is 0 Å². The van der Waals surface area contributed by atoms with E-state index in [1.165, 1.54) is 12.1 Å². The summed E-state index contributed by atoms with van der Waals surface area (Å²) in [7, 11) is 0. The minimum absolute atomic E-state index is 0.124.